The number of para-hydroxylation sites is 2. The Morgan fingerprint density at radius 3 is 2.34 bits per heavy atom. The number of benzene rings is 2. The predicted octanol–water partition coefficient (Wildman–Crippen LogP) is 3.39. The van der Waals surface area contributed by atoms with Crippen LogP contribution in [0.15, 0.2) is 47.4 Å². The molecule has 0 unspecified atom stereocenters. The molecule has 1 aliphatic heterocycles. The van der Waals surface area contributed by atoms with Crippen LogP contribution in [0, 0.1) is 6.92 Å². The van der Waals surface area contributed by atoms with Crippen LogP contribution in [0.5, 0.6) is 23.0 Å². The van der Waals surface area contributed by atoms with Crippen molar-refractivity contribution in [3.05, 3.63) is 64.1 Å². The second-order valence-corrected chi connectivity index (χ2v) is 8.03. The number of phenolic OH excluding ortho intramolecular Hbond substituents is 3. The monoisotopic (exact) mass is 435 g/mol. The van der Waals surface area contributed by atoms with Crippen LogP contribution in [-0.4, -0.2) is 32.7 Å². The third-order valence-corrected chi connectivity index (χ3v) is 5.99. The van der Waals surface area contributed by atoms with Gasteiger partial charge in [-0.15, -0.1) is 0 Å². The summed E-state index contributed by atoms with van der Waals surface area (Å²) in [6, 6.07) is 6.37. The van der Waals surface area contributed by atoms with Crippen molar-refractivity contribution in [1.29, 1.82) is 0 Å². The van der Waals surface area contributed by atoms with Crippen molar-refractivity contribution in [2.45, 2.75) is 33.1 Å². The number of phenols is 3. The first-order valence-corrected chi connectivity index (χ1v) is 9.85. The van der Waals surface area contributed by atoms with E-state index in [2.05, 4.69) is 5.32 Å². The number of allylic oxidation sites excluding steroid dienone is 4. The van der Waals surface area contributed by atoms with Gasteiger partial charge in [-0.3, -0.25) is 14.4 Å². The summed E-state index contributed by atoms with van der Waals surface area (Å²) in [7, 11) is 0. The van der Waals surface area contributed by atoms with E-state index in [0.29, 0.717) is 5.69 Å². The van der Waals surface area contributed by atoms with E-state index in [-0.39, 0.29) is 51.0 Å². The zero-order valence-corrected chi connectivity index (χ0v) is 17.9. The maximum Gasteiger partial charge on any atom is 0.194 e. The number of aromatic hydroxyl groups is 3. The molecule has 8 heteroatoms. The number of fused-ring (bicyclic) bond motifs is 3. The molecule has 0 spiro atoms. The van der Waals surface area contributed by atoms with E-state index in [1.54, 1.807) is 18.2 Å². The number of hydrogen-bond acceptors (Lipinski definition) is 8. The number of carbonyl (C=O) groups excluding carboxylic acids is 3. The van der Waals surface area contributed by atoms with E-state index in [0.717, 1.165) is 6.08 Å². The molecule has 164 valence electrons. The summed E-state index contributed by atoms with van der Waals surface area (Å²) in [4.78, 5) is 38.8. The predicted molar refractivity (Wildman–Crippen MR) is 115 cm³/mol. The van der Waals surface area contributed by atoms with Crippen LogP contribution in [0.25, 0.3) is 0 Å². The molecule has 0 fully saturated rings. The highest BCUT2D eigenvalue weighted by atomic mass is 16.5. The topological polar surface area (TPSA) is 133 Å². The molecule has 0 saturated carbocycles. The number of rotatable bonds is 3. The Kier molecular flexibility index (Phi) is 4.62. The standard InChI is InChI=1S/C24H21NO7/c1-10-20(29)18(12(3)26)22-19(21(10)30)24(4)16(32-22)9-15(28)17(23(24)31)11(2)25-13-7-5-6-8-14(13)27/h5-9,25,27,29-30H,1-4H3/b17-11+/t24-/m1/s1. The van der Waals surface area contributed by atoms with Gasteiger partial charge in [-0.2, -0.15) is 0 Å². The van der Waals surface area contributed by atoms with E-state index in [1.165, 1.54) is 33.8 Å². The van der Waals surface area contributed by atoms with Crippen molar-refractivity contribution in [1.82, 2.24) is 0 Å². The molecule has 0 bridgehead atoms. The van der Waals surface area contributed by atoms with Crippen molar-refractivity contribution in [3.8, 4) is 23.0 Å². The number of ketones is 3. The Labute approximate surface area is 183 Å². The molecule has 0 saturated heterocycles. The van der Waals surface area contributed by atoms with E-state index in [9.17, 15) is 29.7 Å². The quantitative estimate of drug-likeness (QED) is 0.250. The molecule has 4 rings (SSSR count). The maximum absolute atomic E-state index is 13.7. The van der Waals surface area contributed by atoms with E-state index >= 15 is 0 Å². The van der Waals surface area contributed by atoms with Gasteiger partial charge < -0.3 is 25.4 Å². The molecule has 2 aromatic rings. The molecule has 32 heavy (non-hydrogen) atoms. The highest BCUT2D eigenvalue weighted by Crippen LogP contribution is 2.57. The summed E-state index contributed by atoms with van der Waals surface area (Å²) in [6.07, 6.45) is 1.14. The van der Waals surface area contributed by atoms with Gasteiger partial charge in [-0.05, 0) is 39.8 Å². The highest BCUT2D eigenvalue weighted by molar-refractivity contribution is 6.31. The molecular weight excluding hydrogens is 414 g/mol. The van der Waals surface area contributed by atoms with Gasteiger partial charge >= 0.3 is 0 Å². The summed E-state index contributed by atoms with van der Waals surface area (Å²) < 4.78 is 5.72. The van der Waals surface area contributed by atoms with Crippen molar-refractivity contribution >= 4 is 23.0 Å². The highest BCUT2D eigenvalue weighted by Gasteiger charge is 2.56. The van der Waals surface area contributed by atoms with Gasteiger partial charge in [-0.1, -0.05) is 12.1 Å². The molecule has 1 atom stereocenters. The summed E-state index contributed by atoms with van der Waals surface area (Å²) in [5, 5.41) is 34.1. The number of anilines is 1. The number of nitrogens with one attached hydrogen (secondary N) is 1. The minimum Gasteiger partial charge on any atom is -0.507 e. The fourth-order valence-corrected chi connectivity index (χ4v) is 4.21. The number of ether oxygens (including phenoxy) is 1. The molecule has 4 N–H and O–H groups in total. The summed E-state index contributed by atoms with van der Waals surface area (Å²) in [5.41, 5.74) is -1.37. The first kappa shape index (κ1) is 21.2. The Morgan fingerprint density at radius 2 is 1.72 bits per heavy atom. The Bertz CT molecular complexity index is 1300. The van der Waals surface area contributed by atoms with Crippen molar-refractivity contribution in [2.75, 3.05) is 5.32 Å². The van der Waals surface area contributed by atoms with Crippen molar-refractivity contribution in [3.63, 3.8) is 0 Å². The van der Waals surface area contributed by atoms with Crippen LogP contribution in [0.2, 0.25) is 0 Å². The molecule has 0 radical (unpaired) electrons. The molecule has 8 nitrogen and oxygen atoms in total. The lowest BCUT2D eigenvalue weighted by atomic mass is 9.70. The second-order valence-electron chi connectivity index (χ2n) is 8.03. The average molecular weight is 435 g/mol. The fourth-order valence-electron chi connectivity index (χ4n) is 4.21. The lowest BCUT2D eigenvalue weighted by Gasteiger charge is -2.29. The van der Waals surface area contributed by atoms with Gasteiger partial charge in [0.05, 0.1) is 16.8 Å². The fraction of sp³-hybridized carbons (Fsp3) is 0.208. The zero-order valence-electron chi connectivity index (χ0n) is 17.9. The molecule has 0 amide bonds. The SMILES string of the molecule is CC(=O)c1c(O)c(C)c(O)c2c1OC1=CC(=O)/C(=C(/C)Nc3ccccc3O)C(=O)[C@]12C. The van der Waals surface area contributed by atoms with Crippen LogP contribution in [0.4, 0.5) is 5.69 Å². The minimum absolute atomic E-state index is 0.0228. The van der Waals surface area contributed by atoms with Crippen LogP contribution in [0.1, 0.15) is 42.3 Å². The van der Waals surface area contributed by atoms with Gasteiger partial charge in [0, 0.05) is 17.3 Å². The summed E-state index contributed by atoms with van der Waals surface area (Å²) in [6.45, 7) is 5.67. The molecule has 2 aromatic carbocycles. The van der Waals surface area contributed by atoms with Crippen LogP contribution >= 0.6 is 0 Å². The van der Waals surface area contributed by atoms with Crippen molar-refractivity contribution in [2.24, 2.45) is 0 Å². The van der Waals surface area contributed by atoms with E-state index in [4.69, 9.17) is 4.74 Å². The number of Topliss-reactive ketones (excluding diaryl/α,β-unsaturated/α-hetero) is 2. The Hall–Kier alpha value is -4.07. The third kappa shape index (κ3) is 2.72. The first-order valence-electron chi connectivity index (χ1n) is 9.85. The molecule has 1 aliphatic carbocycles. The summed E-state index contributed by atoms with van der Waals surface area (Å²) >= 11 is 0. The lowest BCUT2D eigenvalue weighted by molar-refractivity contribution is -0.123. The first-order chi connectivity index (χ1) is 15.0. The van der Waals surface area contributed by atoms with Crippen LogP contribution in [0.3, 0.4) is 0 Å². The smallest absolute Gasteiger partial charge is 0.194 e. The average Bonchev–Trinajstić information content (AvgIpc) is 3.01. The summed E-state index contributed by atoms with van der Waals surface area (Å²) in [5.74, 6) is -2.85. The maximum atomic E-state index is 13.7. The van der Waals surface area contributed by atoms with Gasteiger partial charge in [0.25, 0.3) is 0 Å². The van der Waals surface area contributed by atoms with Crippen LogP contribution < -0.4 is 10.1 Å². The number of hydrogen-bond donors (Lipinski definition) is 4. The third-order valence-electron chi connectivity index (χ3n) is 5.99. The van der Waals surface area contributed by atoms with E-state index in [1.807, 2.05) is 0 Å². The van der Waals surface area contributed by atoms with Gasteiger partial charge in [0.2, 0.25) is 0 Å². The molecule has 0 aromatic heterocycles. The molecular formula is C24H21NO7. The Morgan fingerprint density at radius 1 is 1.06 bits per heavy atom. The normalized spacial score (nSPS) is 20.8. The van der Waals surface area contributed by atoms with Crippen LogP contribution in [-0.2, 0) is 15.0 Å². The van der Waals surface area contributed by atoms with Gasteiger partial charge in [-0.25, -0.2) is 0 Å². The largest absolute Gasteiger partial charge is 0.507 e. The lowest BCUT2D eigenvalue weighted by Crippen LogP contribution is -2.40. The molecule has 1 heterocycles. The zero-order chi connectivity index (χ0) is 23.5. The van der Waals surface area contributed by atoms with Gasteiger partial charge in [0.1, 0.15) is 39.7 Å². The minimum atomic E-state index is -1.59. The van der Waals surface area contributed by atoms with Crippen molar-refractivity contribution < 1.29 is 34.4 Å². The van der Waals surface area contributed by atoms with Gasteiger partial charge in [0.15, 0.2) is 17.3 Å². The molecule has 2 aliphatic rings. The van der Waals surface area contributed by atoms with E-state index < -0.39 is 28.5 Å². The number of carbonyl (C=O) groups is 3. The second kappa shape index (κ2) is 6.98. The Balaban J connectivity index is 1.93.